The fourth-order valence-corrected chi connectivity index (χ4v) is 4.23. The molecule has 186 valence electrons. The molecule has 1 N–H and O–H groups in total. The van der Waals surface area contributed by atoms with Crippen LogP contribution in [0.2, 0.25) is 0 Å². The van der Waals surface area contributed by atoms with Gasteiger partial charge in [0.05, 0.1) is 26.2 Å². The van der Waals surface area contributed by atoms with Gasteiger partial charge in [-0.05, 0) is 38.5 Å². The van der Waals surface area contributed by atoms with E-state index in [2.05, 4.69) is 5.32 Å². The summed E-state index contributed by atoms with van der Waals surface area (Å²) in [5.41, 5.74) is 2.08. The number of ether oxygens (including phenoxy) is 2. The maximum atomic E-state index is 13.5. The van der Waals surface area contributed by atoms with Crippen molar-refractivity contribution < 1.29 is 27.5 Å². The standard InChI is InChI=1S/C24H33N3O6S/c1-7-25-24(29)18(3)26(15-19-10-8-17(2)9-11-19)23(28)16-27(34(6,30)31)21-13-12-20(32-4)14-22(21)33-5/h8-14,18H,7,15-16H2,1-6H3,(H,25,29)/t18-/m1/s1. The van der Waals surface area contributed by atoms with Crippen molar-refractivity contribution in [3.05, 3.63) is 53.6 Å². The van der Waals surface area contributed by atoms with Crippen LogP contribution >= 0.6 is 0 Å². The van der Waals surface area contributed by atoms with Crippen LogP contribution in [0.15, 0.2) is 42.5 Å². The van der Waals surface area contributed by atoms with E-state index >= 15 is 0 Å². The zero-order valence-corrected chi connectivity index (χ0v) is 21.3. The van der Waals surface area contributed by atoms with Crippen LogP contribution in [0.25, 0.3) is 0 Å². The maximum Gasteiger partial charge on any atom is 0.244 e. The molecular formula is C24H33N3O6S. The molecule has 0 radical (unpaired) electrons. The van der Waals surface area contributed by atoms with Gasteiger partial charge in [-0.2, -0.15) is 0 Å². The number of nitrogens with one attached hydrogen (secondary N) is 1. The fourth-order valence-electron chi connectivity index (χ4n) is 3.38. The van der Waals surface area contributed by atoms with Crippen LogP contribution in [0.4, 0.5) is 5.69 Å². The van der Waals surface area contributed by atoms with Gasteiger partial charge in [0.15, 0.2) is 0 Å². The number of nitrogens with zero attached hydrogens (tertiary/aromatic N) is 2. The fraction of sp³-hybridized carbons (Fsp3) is 0.417. The summed E-state index contributed by atoms with van der Waals surface area (Å²) in [5.74, 6) is -0.135. The molecule has 2 rings (SSSR count). The van der Waals surface area contributed by atoms with Crippen LogP contribution in [-0.2, 0) is 26.2 Å². The third-order valence-corrected chi connectivity index (χ3v) is 6.45. The molecule has 0 unspecified atom stereocenters. The minimum absolute atomic E-state index is 0.148. The topological polar surface area (TPSA) is 105 Å². The second-order valence-corrected chi connectivity index (χ2v) is 9.79. The number of benzene rings is 2. The molecule has 2 aromatic rings. The number of aryl methyl sites for hydroxylation is 1. The Morgan fingerprint density at radius 2 is 1.71 bits per heavy atom. The molecule has 0 aliphatic rings. The molecule has 1 atom stereocenters. The van der Waals surface area contributed by atoms with Crippen molar-refractivity contribution in [2.24, 2.45) is 0 Å². The first-order chi connectivity index (χ1) is 16.0. The van der Waals surface area contributed by atoms with E-state index in [4.69, 9.17) is 9.47 Å². The lowest BCUT2D eigenvalue weighted by Gasteiger charge is -2.31. The van der Waals surface area contributed by atoms with Crippen molar-refractivity contribution in [2.75, 3.05) is 37.9 Å². The molecule has 0 fully saturated rings. The number of carbonyl (C=O) groups excluding carboxylic acids is 2. The van der Waals surface area contributed by atoms with Gasteiger partial charge in [0.2, 0.25) is 21.8 Å². The van der Waals surface area contributed by atoms with E-state index in [1.807, 2.05) is 31.2 Å². The second kappa shape index (κ2) is 11.7. The Morgan fingerprint density at radius 3 is 2.24 bits per heavy atom. The van der Waals surface area contributed by atoms with Crippen molar-refractivity contribution in [1.29, 1.82) is 0 Å². The van der Waals surface area contributed by atoms with E-state index in [0.717, 1.165) is 21.7 Å². The lowest BCUT2D eigenvalue weighted by Crippen LogP contribution is -2.51. The molecule has 0 aliphatic carbocycles. The van der Waals surface area contributed by atoms with Gasteiger partial charge in [0.1, 0.15) is 24.1 Å². The number of methoxy groups -OCH3 is 2. The number of hydrogen-bond donors (Lipinski definition) is 1. The van der Waals surface area contributed by atoms with Crippen LogP contribution in [0.5, 0.6) is 11.5 Å². The lowest BCUT2D eigenvalue weighted by atomic mass is 10.1. The van der Waals surface area contributed by atoms with E-state index in [1.54, 1.807) is 26.0 Å². The quantitative estimate of drug-likeness (QED) is 0.517. The van der Waals surface area contributed by atoms with Crippen molar-refractivity contribution in [3.8, 4) is 11.5 Å². The zero-order chi connectivity index (χ0) is 25.5. The summed E-state index contributed by atoms with van der Waals surface area (Å²) in [7, 11) is -0.981. The van der Waals surface area contributed by atoms with Gasteiger partial charge in [0.25, 0.3) is 0 Å². The highest BCUT2D eigenvalue weighted by atomic mass is 32.2. The Labute approximate surface area is 201 Å². The Balaban J connectivity index is 2.44. The van der Waals surface area contributed by atoms with Crippen LogP contribution in [-0.4, -0.2) is 64.7 Å². The van der Waals surface area contributed by atoms with E-state index in [9.17, 15) is 18.0 Å². The van der Waals surface area contributed by atoms with Crippen molar-refractivity contribution in [2.45, 2.75) is 33.4 Å². The first-order valence-electron chi connectivity index (χ1n) is 10.8. The van der Waals surface area contributed by atoms with Gasteiger partial charge < -0.3 is 19.7 Å². The molecule has 2 amide bonds. The molecule has 0 aromatic heterocycles. The predicted molar refractivity (Wildman–Crippen MR) is 132 cm³/mol. The van der Waals surface area contributed by atoms with Gasteiger partial charge in [-0.1, -0.05) is 29.8 Å². The molecule has 0 bridgehead atoms. The molecular weight excluding hydrogens is 458 g/mol. The number of hydrogen-bond acceptors (Lipinski definition) is 6. The Morgan fingerprint density at radius 1 is 1.06 bits per heavy atom. The van der Waals surface area contributed by atoms with Crippen LogP contribution in [0, 0.1) is 6.92 Å². The van der Waals surface area contributed by atoms with Crippen molar-refractivity contribution >= 4 is 27.5 Å². The third kappa shape index (κ3) is 6.86. The van der Waals surface area contributed by atoms with Gasteiger partial charge in [0, 0.05) is 19.2 Å². The number of sulfonamides is 1. The summed E-state index contributed by atoms with van der Waals surface area (Å²) in [5, 5.41) is 2.72. The summed E-state index contributed by atoms with van der Waals surface area (Å²) >= 11 is 0. The summed E-state index contributed by atoms with van der Waals surface area (Å²) in [4.78, 5) is 27.5. The monoisotopic (exact) mass is 491 g/mol. The summed E-state index contributed by atoms with van der Waals surface area (Å²) in [6, 6.07) is 11.4. The Bertz CT molecular complexity index is 1100. The smallest absolute Gasteiger partial charge is 0.244 e. The molecule has 9 nitrogen and oxygen atoms in total. The highest BCUT2D eigenvalue weighted by Gasteiger charge is 2.31. The van der Waals surface area contributed by atoms with Gasteiger partial charge in [-0.15, -0.1) is 0 Å². The van der Waals surface area contributed by atoms with E-state index < -0.39 is 28.5 Å². The zero-order valence-electron chi connectivity index (χ0n) is 20.5. The molecule has 2 aromatic carbocycles. The largest absolute Gasteiger partial charge is 0.497 e. The van der Waals surface area contributed by atoms with Crippen LogP contribution < -0.4 is 19.1 Å². The van der Waals surface area contributed by atoms with Crippen molar-refractivity contribution in [3.63, 3.8) is 0 Å². The molecule has 10 heteroatoms. The van der Waals surface area contributed by atoms with E-state index in [1.165, 1.54) is 25.2 Å². The number of likely N-dealkylation sites (N-methyl/N-ethyl adjacent to an activating group) is 1. The lowest BCUT2D eigenvalue weighted by molar-refractivity contribution is -0.139. The van der Waals surface area contributed by atoms with Crippen molar-refractivity contribution in [1.82, 2.24) is 10.2 Å². The second-order valence-electron chi connectivity index (χ2n) is 7.89. The highest BCUT2D eigenvalue weighted by Crippen LogP contribution is 2.33. The summed E-state index contributed by atoms with van der Waals surface area (Å²) in [6.45, 7) is 5.42. The van der Waals surface area contributed by atoms with Gasteiger partial charge in [-0.25, -0.2) is 8.42 Å². The molecule has 0 spiro atoms. The first kappa shape index (κ1) is 27.0. The third-order valence-electron chi connectivity index (χ3n) is 5.33. The number of anilines is 1. The predicted octanol–water partition coefficient (Wildman–Crippen LogP) is 2.33. The molecule has 0 heterocycles. The molecule has 0 aliphatic heterocycles. The van der Waals surface area contributed by atoms with Gasteiger partial charge >= 0.3 is 0 Å². The van der Waals surface area contributed by atoms with E-state index in [-0.39, 0.29) is 23.9 Å². The molecule has 0 saturated heterocycles. The summed E-state index contributed by atoms with van der Waals surface area (Å²) in [6.07, 6.45) is 1.02. The van der Waals surface area contributed by atoms with E-state index in [0.29, 0.717) is 12.3 Å². The highest BCUT2D eigenvalue weighted by molar-refractivity contribution is 7.92. The maximum absolute atomic E-state index is 13.5. The summed E-state index contributed by atoms with van der Waals surface area (Å²) < 4.78 is 36.9. The minimum Gasteiger partial charge on any atom is -0.497 e. The van der Waals surface area contributed by atoms with Crippen LogP contribution in [0.1, 0.15) is 25.0 Å². The normalized spacial score (nSPS) is 11.9. The number of amides is 2. The van der Waals surface area contributed by atoms with Gasteiger partial charge in [-0.3, -0.25) is 13.9 Å². The minimum atomic E-state index is -3.87. The first-order valence-corrected chi connectivity index (χ1v) is 12.7. The van der Waals surface area contributed by atoms with Crippen LogP contribution in [0.3, 0.4) is 0 Å². The Kier molecular flexibility index (Phi) is 9.31. The average molecular weight is 492 g/mol. The number of rotatable bonds is 11. The number of carbonyl (C=O) groups is 2. The average Bonchev–Trinajstić information content (AvgIpc) is 2.80. The SMILES string of the molecule is CCNC(=O)[C@@H](C)N(Cc1ccc(C)cc1)C(=O)CN(c1ccc(OC)cc1OC)S(C)(=O)=O. The molecule has 0 saturated carbocycles. The molecule has 34 heavy (non-hydrogen) atoms. The Hall–Kier alpha value is -3.27.